The van der Waals surface area contributed by atoms with Gasteiger partial charge in [0, 0.05) is 31.1 Å². The lowest BCUT2D eigenvalue weighted by atomic mass is 9.88. The zero-order valence-corrected chi connectivity index (χ0v) is 21.3. The van der Waals surface area contributed by atoms with Crippen LogP contribution in [0.2, 0.25) is 0 Å². The molecule has 2 aliphatic rings. The van der Waals surface area contributed by atoms with Crippen molar-refractivity contribution in [2.24, 2.45) is 10.9 Å². The molecule has 0 unspecified atom stereocenters. The lowest BCUT2D eigenvalue weighted by Crippen LogP contribution is -2.47. The van der Waals surface area contributed by atoms with E-state index in [4.69, 9.17) is 32.9 Å². The number of carbonyl (C=O) groups is 2. The summed E-state index contributed by atoms with van der Waals surface area (Å²) in [7, 11) is 0. The molecule has 3 rings (SSSR count). The Kier molecular flexibility index (Phi) is 9.19. The van der Waals surface area contributed by atoms with Crippen molar-refractivity contribution in [1.29, 1.82) is 0 Å². The fraction of sp³-hybridized carbons (Fsp3) is 0.640. The number of piperidine rings is 1. The number of fused-ring (bicyclic) bond motifs is 1. The monoisotopic (exact) mass is 495 g/mol. The Labute approximate surface area is 207 Å². The summed E-state index contributed by atoms with van der Waals surface area (Å²) in [6.07, 6.45) is 3.72. The molecule has 1 amide bonds. The van der Waals surface area contributed by atoms with Crippen LogP contribution in [0.15, 0.2) is 29.3 Å². The summed E-state index contributed by atoms with van der Waals surface area (Å²) in [5, 5.41) is 3.22. The number of aliphatic imine (C=N–C) groups is 1. The fourth-order valence-electron chi connectivity index (χ4n) is 4.28. The van der Waals surface area contributed by atoms with Crippen LogP contribution < -0.4 is 5.32 Å². The second-order valence-corrected chi connectivity index (χ2v) is 11.4. The van der Waals surface area contributed by atoms with Crippen molar-refractivity contribution in [3.63, 3.8) is 0 Å². The predicted molar refractivity (Wildman–Crippen MR) is 133 cm³/mol. The molecule has 2 aliphatic heterocycles. The van der Waals surface area contributed by atoms with Crippen molar-refractivity contribution in [3.05, 3.63) is 35.4 Å². The highest BCUT2D eigenvalue weighted by atomic mass is 35.5. The molecule has 33 heavy (non-hydrogen) atoms. The van der Waals surface area contributed by atoms with Gasteiger partial charge in [0.05, 0.1) is 6.04 Å². The van der Waals surface area contributed by atoms with E-state index in [9.17, 15) is 9.59 Å². The molecule has 182 valence electrons. The van der Waals surface area contributed by atoms with E-state index in [0.717, 1.165) is 50.9 Å². The summed E-state index contributed by atoms with van der Waals surface area (Å²) in [4.78, 5) is 32.1. The summed E-state index contributed by atoms with van der Waals surface area (Å²) >= 11 is 11.6. The van der Waals surface area contributed by atoms with Gasteiger partial charge in [0.15, 0.2) is 0 Å². The number of alkyl halides is 2. The van der Waals surface area contributed by atoms with Crippen LogP contribution in [0.5, 0.6) is 0 Å². The maximum absolute atomic E-state index is 13.1. The number of ether oxygens (including phenoxy) is 1. The van der Waals surface area contributed by atoms with E-state index in [2.05, 4.69) is 30.1 Å². The Bertz CT molecular complexity index is 859. The van der Waals surface area contributed by atoms with Crippen LogP contribution in [0, 0.1) is 5.92 Å². The average Bonchev–Trinajstić information content (AvgIpc) is 2.77. The van der Waals surface area contributed by atoms with E-state index in [1.165, 1.54) is 5.56 Å². The van der Waals surface area contributed by atoms with Crippen molar-refractivity contribution in [1.82, 2.24) is 10.2 Å². The molecule has 0 spiro atoms. The smallest absolute Gasteiger partial charge is 0.305 e. The number of esters is 1. The van der Waals surface area contributed by atoms with E-state index in [-0.39, 0.29) is 30.6 Å². The van der Waals surface area contributed by atoms with Crippen molar-refractivity contribution >= 4 is 40.8 Å². The highest BCUT2D eigenvalue weighted by Gasteiger charge is 2.29. The largest absolute Gasteiger partial charge is 0.462 e. The lowest BCUT2D eigenvalue weighted by molar-refractivity contribution is -0.144. The van der Waals surface area contributed by atoms with Crippen molar-refractivity contribution in [3.8, 4) is 0 Å². The number of rotatable bonds is 9. The summed E-state index contributed by atoms with van der Waals surface area (Å²) < 4.78 is 4.03. The van der Waals surface area contributed by atoms with Gasteiger partial charge in [-0.3, -0.25) is 14.6 Å². The SMILES string of the molecule is CC(C)[C@H]1Cc2ccccc2C(C(=O)NC2CCN(CCCC(=O)OCC(C)(Cl)Cl)CC2)=N1. The minimum Gasteiger partial charge on any atom is -0.462 e. The van der Waals surface area contributed by atoms with E-state index in [1.807, 2.05) is 18.2 Å². The van der Waals surface area contributed by atoms with E-state index in [1.54, 1.807) is 6.92 Å². The van der Waals surface area contributed by atoms with Crippen LogP contribution in [0.1, 0.15) is 57.6 Å². The van der Waals surface area contributed by atoms with Crippen molar-refractivity contribution in [2.45, 2.75) is 69.3 Å². The van der Waals surface area contributed by atoms with Gasteiger partial charge in [0.2, 0.25) is 0 Å². The Hall–Kier alpha value is -1.63. The normalized spacial score (nSPS) is 19.7. The van der Waals surface area contributed by atoms with Crippen LogP contribution >= 0.6 is 23.2 Å². The van der Waals surface area contributed by atoms with Crippen LogP contribution in [0.3, 0.4) is 0 Å². The lowest BCUT2D eigenvalue weighted by Gasteiger charge is -2.33. The molecule has 1 aromatic carbocycles. The number of hydrogen-bond acceptors (Lipinski definition) is 5. The molecule has 1 saturated heterocycles. The number of carbonyl (C=O) groups excluding carboxylic acids is 2. The second kappa shape index (κ2) is 11.7. The Morgan fingerprint density at radius 1 is 1.24 bits per heavy atom. The van der Waals surface area contributed by atoms with E-state index >= 15 is 0 Å². The Morgan fingerprint density at radius 2 is 1.94 bits per heavy atom. The number of amides is 1. The van der Waals surface area contributed by atoms with Crippen LogP contribution in [-0.4, -0.2) is 65.1 Å². The first-order valence-electron chi connectivity index (χ1n) is 11.8. The molecule has 0 saturated carbocycles. The summed E-state index contributed by atoms with van der Waals surface area (Å²) in [5.41, 5.74) is 2.73. The maximum Gasteiger partial charge on any atom is 0.305 e. The van der Waals surface area contributed by atoms with Gasteiger partial charge in [-0.1, -0.05) is 61.3 Å². The molecular weight excluding hydrogens is 461 g/mol. The second-order valence-electron chi connectivity index (χ2n) is 9.57. The number of hydrogen-bond donors (Lipinski definition) is 1. The first-order valence-corrected chi connectivity index (χ1v) is 12.6. The molecule has 8 heteroatoms. The molecule has 1 N–H and O–H groups in total. The highest BCUT2D eigenvalue weighted by molar-refractivity contribution is 6.48. The van der Waals surface area contributed by atoms with Gasteiger partial charge in [-0.2, -0.15) is 0 Å². The molecule has 0 bridgehead atoms. The first-order chi connectivity index (χ1) is 15.6. The predicted octanol–water partition coefficient (Wildman–Crippen LogP) is 4.15. The molecule has 1 fully saturated rings. The number of nitrogens with zero attached hydrogens (tertiary/aromatic N) is 2. The van der Waals surface area contributed by atoms with Crippen LogP contribution in [0.25, 0.3) is 0 Å². The molecule has 0 aliphatic carbocycles. The van der Waals surface area contributed by atoms with Crippen LogP contribution in [-0.2, 0) is 20.7 Å². The molecular formula is C25H35Cl2N3O3. The van der Waals surface area contributed by atoms with Gasteiger partial charge in [-0.05, 0) is 50.6 Å². The van der Waals surface area contributed by atoms with Crippen molar-refractivity contribution in [2.75, 3.05) is 26.2 Å². The molecule has 1 aromatic rings. The average molecular weight is 496 g/mol. The van der Waals surface area contributed by atoms with E-state index in [0.29, 0.717) is 18.1 Å². The standard InChI is InChI=1S/C25H35Cl2N3O3/c1-17(2)21-15-18-7-4-5-8-20(18)23(29-21)24(32)28-19-10-13-30(14-11-19)12-6-9-22(31)33-16-25(3,26)27/h4-5,7-8,17,19,21H,6,9-16H2,1-3H3,(H,28,32)/t21-/m1/s1. The van der Waals surface area contributed by atoms with Crippen LogP contribution in [0.4, 0.5) is 0 Å². The Morgan fingerprint density at radius 3 is 2.61 bits per heavy atom. The third-order valence-electron chi connectivity index (χ3n) is 6.25. The maximum atomic E-state index is 13.1. The van der Waals surface area contributed by atoms with Crippen molar-refractivity contribution < 1.29 is 14.3 Å². The van der Waals surface area contributed by atoms with Gasteiger partial charge in [-0.25, -0.2) is 0 Å². The summed E-state index contributed by atoms with van der Waals surface area (Å²) in [6, 6.07) is 8.37. The summed E-state index contributed by atoms with van der Waals surface area (Å²) in [5.74, 6) is 0.0357. The molecule has 6 nitrogen and oxygen atoms in total. The number of benzene rings is 1. The van der Waals surface area contributed by atoms with Gasteiger partial charge < -0.3 is 15.0 Å². The van der Waals surface area contributed by atoms with Gasteiger partial charge >= 0.3 is 5.97 Å². The van der Waals surface area contributed by atoms with E-state index < -0.39 is 4.33 Å². The zero-order chi connectivity index (χ0) is 24.0. The molecule has 2 heterocycles. The third kappa shape index (κ3) is 7.97. The van der Waals surface area contributed by atoms with Gasteiger partial charge in [0.25, 0.3) is 5.91 Å². The number of halogens is 2. The molecule has 1 atom stereocenters. The molecule has 0 aromatic heterocycles. The third-order valence-corrected chi connectivity index (χ3v) is 6.46. The number of likely N-dealkylation sites (tertiary alicyclic amines) is 1. The quantitative estimate of drug-likeness (QED) is 0.412. The fourth-order valence-corrected chi connectivity index (χ4v) is 4.39. The minimum absolute atomic E-state index is 0.00623. The highest BCUT2D eigenvalue weighted by Crippen LogP contribution is 2.24. The number of nitrogens with one attached hydrogen (secondary N) is 1. The minimum atomic E-state index is -1.05. The Balaban J connectivity index is 1.44. The topological polar surface area (TPSA) is 71.0 Å². The summed E-state index contributed by atoms with van der Waals surface area (Å²) in [6.45, 7) is 8.49. The molecule has 0 radical (unpaired) electrons. The van der Waals surface area contributed by atoms with Gasteiger partial charge in [-0.15, -0.1) is 0 Å². The zero-order valence-electron chi connectivity index (χ0n) is 19.8. The first kappa shape index (κ1) is 26.0. The van der Waals surface area contributed by atoms with Gasteiger partial charge in [0.1, 0.15) is 16.7 Å².